The third kappa shape index (κ3) is 3.37. The average Bonchev–Trinajstić information content (AvgIpc) is 2.66. The van der Waals surface area contributed by atoms with Crippen LogP contribution in [0.4, 0.5) is 5.69 Å². The molecule has 1 aliphatic carbocycles. The van der Waals surface area contributed by atoms with Gasteiger partial charge in [-0.3, -0.25) is 10.1 Å². The Hall–Kier alpha value is -3.55. The van der Waals surface area contributed by atoms with Crippen LogP contribution in [0.25, 0.3) is 0 Å². The summed E-state index contributed by atoms with van der Waals surface area (Å²) in [6, 6.07) is 10.2. The summed E-state index contributed by atoms with van der Waals surface area (Å²) in [5, 5.41) is 39.9. The van der Waals surface area contributed by atoms with Gasteiger partial charge in [0.15, 0.2) is 12.0 Å². The Labute approximate surface area is 176 Å². The second-order valence-corrected chi connectivity index (χ2v) is 8.09. The maximum atomic E-state index is 10.9. The van der Waals surface area contributed by atoms with Gasteiger partial charge in [0.25, 0.3) is 0 Å². The van der Waals surface area contributed by atoms with E-state index in [1.54, 1.807) is 6.07 Å². The van der Waals surface area contributed by atoms with Crippen LogP contribution >= 0.6 is 0 Å². The number of nitriles is 1. The number of ether oxygens (including phenoxy) is 4. The molecule has 2 aromatic carbocycles. The number of rotatable bonds is 5. The molecule has 10 heteroatoms. The number of nitro benzene ring substituents is 1. The number of phenols is 2. The first-order chi connectivity index (χ1) is 14.8. The Morgan fingerprint density at radius 3 is 2.52 bits per heavy atom. The minimum atomic E-state index is -1.08. The Balaban J connectivity index is 1.41. The number of hydrogen-bond acceptors (Lipinski definition) is 9. The summed E-state index contributed by atoms with van der Waals surface area (Å²) >= 11 is 0. The molecular weight excluding hydrogens is 408 g/mol. The van der Waals surface area contributed by atoms with E-state index in [4.69, 9.17) is 24.2 Å². The zero-order chi connectivity index (χ0) is 21.8. The Morgan fingerprint density at radius 1 is 1.10 bits per heavy atom. The van der Waals surface area contributed by atoms with Crippen LogP contribution in [-0.4, -0.2) is 38.9 Å². The second-order valence-electron chi connectivity index (χ2n) is 8.09. The fraction of sp³-hybridized carbons (Fsp3) is 0.381. The molecule has 6 rings (SSSR count). The number of phenolic OH excluding ortho intramolecular Hbond substituents is 2. The zero-order valence-electron chi connectivity index (χ0n) is 16.2. The van der Waals surface area contributed by atoms with E-state index in [1.165, 1.54) is 30.3 Å². The van der Waals surface area contributed by atoms with Gasteiger partial charge in [-0.25, -0.2) is 0 Å². The molecule has 160 valence electrons. The number of hydrogen-bond donors (Lipinski definition) is 2. The summed E-state index contributed by atoms with van der Waals surface area (Å²) in [6.07, 6.45) is 1.12. The maximum absolute atomic E-state index is 10.9. The molecule has 4 fully saturated rings. The number of nitro groups is 1. The summed E-state index contributed by atoms with van der Waals surface area (Å²) in [4.78, 5) is 10.3. The van der Waals surface area contributed by atoms with Crippen LogP contribution in [0.3, 0.4) is 0 Å². The van der Waals surface area contributed by atoms with Gasteiger partial charge < -0.3 is 29.2 Å². The highest BCUT2D eigenvalue weighted by atomic mass is 16.8. The van der Waals surface area contributed by atoms with Gasteiger partial charge >= 0.3 is 5.69 Å². The predicted molar refractivity (Wildman–Crippen MR) is 103 cm³/mol. The van der Waals surface area contributed by atoms with Crippen LogP contribution in [0.5, 0.6) is 23.0 Å². The standard InChI is InChI=1S/C21H18N2O8/c22-10-12-1-2-13(5-17(12)24)29-20-7-15-8-21(11-20,31-19(9-20)28-15)30-14-3-4-16(23(26)27)18(25)6-14/h1-6,15,19,24-25H,7-9,11H2. The van der Waals surface area contributed by atoms with Gasteiger partial charge in [0, 0.05) is 37.5 Å². The van der Waals surface area contributed by atoms with E-state index in [0.29, 0.717) is 31.4 Å². The van der Waals surface area contributed by atoms with E-state index < -0.39 is 34.0 Å². The highest BCUT2D eigenvalue weighted by Crippen LogP contribution is 2.54. The molecule has 4 aliphatic rings. The quantitative estimate of drug-likeness (QED) is 0.544. The van der Waals surface area contributed by atoms with Gasteiger partial charge in [0.05, 0.1) is 23.0 Å². The molecule has 3 heterocycles. The molecule has 4 atom stereocenters. The minimum Gasteiger partial charge on any atom is -0.506 e. The molecule has 0 spiro atoms. The SMILES string of the molecule is N#Cc1ccc(OC23CC4CC(Oc5ccc([N+](=O)[O-])c(O)c5)(C2)OC(C3)O4)cc1O. The number of nitrogens with zero attached hydrogens (tertiary/aromatic N) is 2. The Morgan fingerprint density at radius 2 is 1.84 bits per heavy atom. The van der Waals surface area contributed by atoms with Crippen molar-refractivity contribution >= 4 is 5.69 Å². The molecule has 0 aromatic heterocycles. The van der Waals surface area contributed by atoms with E-state index >= 15 is 0 Å². The molecular formula is C21H18N2O8. The predicted octanol–water partition coefficient (Wildman–Crippen LogP) is 3.10. The maximum Gasteiger partial charge on any atom is 0.310 e. The first-order valence-electron chi connectivity index (χ1n) is 9.71. The Kier molecular flexibility index (Phi) is 4.22. The van der Waals surface area contributed by atoms with Gasteiger partial charge in [0.2, 0.25) is 5.79 Å². The van der Waals surface area contributed by atoms with Gasteiger partial charge in [-0.15, -0.1) is 0 Å². The fourth-order valence-electron chi connectivity index (χ4n) is 4.76. The van der Waals surface area contributed by atoms with Crippen LogP contribution < -0.4 is 9.47 Å². The summed E-state index contributed by atoms with van der Waals surface area (Å²) < 4.78 is 24.3. The van der Waals surface area contributed by atoms with E-state index in [0.717, 1.165) is 0 Å². The van der Waals surface area contributed by atoms with Gasteiger partial charge in [0.1, 0.15) is 28.9 Å². The molecule has 4 unspecified atom stereocenters. The lowest BCUT2D eigenvalue weighted by atomic mass is 9.72. The van der Waals surface area contributed by atoms with Crippen LogP contribution in [0.2, 0.25) is 0 Å². The lowest BCUT2D eigenvalue weighted by Crippen LogP contribution is -2.68. The molecule has 31 heavy (non-hydrogen) atoms. The van der Waals surface area contributed by atoms with Crippen LogP contribution in [-0.2, 0) is 9.47 Å². The molecule has 4 bridgehead atoms. The van der Waals surface area contributed by atoms with Crippen molar-refractivity contribution in [1.82, 2.24) is 0 Å². The van der Waals surface area contributed by atoms with Crippen LogP contribution in [0.1, 0.15) is 31.2 Å². The van der Waals surface area contributed by atoms with Gasteiger partial charge in [-0.1, -0.05) is 0 Å². The van der Waals surface area contributed by atoms with E-state index in [1.807, 2.05) is 6.07 Å². The first-order valence-corrected chi connectivity index (χ1v) is 9.71. The van der Waals surface area contributed by atoms with Crippen molar-refractivity contribution < 1.29 is 34.1 Å². The lowest BCUT2D eigenvalue weighted by Gasteiger charge is -2.59. The number of aromatic hydroxyl groups is 2. The van der Waals surface area contributed by atoms with Crippen molar-refractivity contribution in [2.45, 2.75) is 49.5 Å². The fourth-order valence-corrected chi connectivity index (χ4v) is 4.76. The average molecular weight is 426 g/mol. The number of benzene rings is 2. The molecule has 2 aromatic rings. The molecule has 3 saturated heterocycles. The molecule has 0 radical (unpaired) electrons. The van der Waals surface area contributed by atoms with Crippen molar-refractivity contribution in [1.29, 1.82) is 5.26 Å². The van der Waals surface area contributed by atoms with Crippen LogP contribution in [0, 0.1) is 21.4 Å². The largest absolute Gasteiger partial charge is 0.506 e. The normalized spacial score (nSPS) is 30.5. The lowest BCUT2D eigenvalue weighted by molar-refractivity contribution is -0.411. The summed E-state index contributed by atoms with van der Waals surface area (Å²) in [5.41, 5.74) is -0.933. The van der Waals surface area contributed by atoms with Crippen molar-refractivity contribution in [3.8, 4) is 29.1 Å². The molecule has 10 nitrogen and oxygen atoms in total. The molecule has 0 amide bonds. The van der Waals surface area contributed by atoms with Crippen LogP contribution in [0.15, 0.2) is 36.4 Å². The van der Waals surface area contributed by atoms with E-state index in [-0.39, 0.29) is 23.2 Å². The summed E-state index contributed by atoms with van der Waals surface area (Å²) in [6.45, 7) is 0. The smallest absolute Gasteiger partial charge is 0.310 e. The van der Waals surface area contributed by atoms with Gasteiger partial charge in [-0.05, 0) is 18.2 Å². The zero-order valence-corrected chi connectivity index (χ0v) is 16.2. The second kappa shape index (κ2) is 6.73. The topological polar surface area (TPSA) is 144 Å². The third-order valence-corrected chi connectivity index (χ3v) is 5.83. The minimum absolute atomic E-state index is 0.155. The van der Waals surface area contributed by atoms with Crippen molar-refractivity contribution in [3.63, 3.8) is 0 Å². The highest BCUT2D eigenvalue weighted by Gasteiger charge is 2.63. The highest BCUT2D eigenvalue weighted by molar-refractivity contribution is 5.50. The molecule has 3 aliphatic heterocycles. The molecule has 1 saturated carbocycles. The van der Waals surface area contributed by atoms with Crippen molar-refractivity contribution in [2.75, 3.05) is 0 Å². The van der Waals surface area contributed by atoms with E-state index in [2.05, 4.69) is 0 Å². The third-order valence-electron chi connectivity index (χ3n) is 5.83. The monoisotopic (exact) mass is 426 g/mol. The first kappa shape index (κ1) is 19.4. The Bertz CT molecular complexity index is 1100. The molecule has 2 N–H and O–H groups in total. The van der Waals surface area contributed by atoms with E-state index in [9.17, 15) is 20.3 Å². The van der Waals surface area contributed by atoms with Crippen molar-refractivity contribution in [2.24, 2.45) is 0 Å². The van der Waals surface area contributed by atoms with Crippen molar-refractivity contribution in [3.05, 3.63) is 52.1 Å². The summed E-state index contributed by atoms with van der Waals surface area (Å²) in [5.74, 6) is -1.09. The van der Waals surface area contributed by atoms with Gasteiger partial charge in [-0.2, -0.15) is 5.26 Å². The summed E-state index contributed by atoms with van der Waals surface area (Å²) in [7, 11) is 0.